The maximum atomic E-state index is 13.0. The van der Waals surface area contributed by atoms with Crippen LogP contribution in [0.15, 0.2) is 121 Å². The second kappa shape index (κ2) is 10.0. The molecule has 0 saturated carbocycles. The first kappa shape index (κ1) is 20.8. The Morgan fingerprint density at radius 1 is 0.625 bits per heavy atom. The number of hydrogen-bond donors (Lipinski definition) is 0. The van der Waals surface area contributed by atoms with Gasteiger partial charge in [0.05, 0.1) is 11.4 Å². The summed E-state index contributed by atoms with van der Waals surface area (Å²) in [5, 5.41) is 0. The third-order valence-corrected chi connectivity index (χ3v) is 4.78. The van der Waals surface area contributed by atoms with Gasteiger partial charge in [0, 0.05) is 5.56 Å². The van der Waals surface area contributed by atoms with Crippen LogP contribution in [0.5, 0.6) is 5.75 Å². The van der Waals surface area contributed by atoms with Gasteiger partial charge in [0.2, 0.25) is 0 Å². The van der Waals surface area contributed by atoms with Crippen LogP contribution in [0.25, 0.3) is 6.08 Å². The number of para-hydroxylation sites is 2. The summed E-state index contributed by atoms with van der Waals surface area (Å²) in [7, 11) is 0. The molecule has 4 aromatic rings. The smallest absolute Gasteiger partial charge is 0.410 e. The zero-order valence-electron chi connectivity index (χ0n) is 17.3. The molecule has 0 heterocycles. The monoisotopic (exact) mass is 419 g/mol. The van der Waals surface area contributed by atoms with Crippen molar-refractivity contribution in [2.75, 3.05) is 4.90 Å². The summed E-state index contributed by atoms with van der Waals surface area (Å²) in [5.74, 6) is 0.348. The summed E-state index contributed by atoms with van der Waals surface area (Å²) in [4.78, 5) is 26.7. The van der Waals surface area contributed by atoms with Crippen molar-refractivity contribution in [2.45, 2.75) is 0 Å². The molecule has 0 N–H and O–H groups in total. The van der Waals surface area contributed by atoms with Gasteiger partial charge in [0.1, 0.15) is 5.75 Å². The van der Waals surface area contributed by atoms with E-state index in [1.807, 2.05) is 78.9 Å². The molecule has 0 bridgehead atoms. The Hall–Kier alpha value is -4.44. The van der Waals surface area contributed by atoms with Gasteiger partial charge in [-0.2, -0.15) is 0 Å². The van der Waals surface area contributed by atoms with E-state index in [-0.39, 0.29) is 5.78 Å². The molecule has 0 aliphatic heterocycles. The Morgan fingerprint density at radius 3 is 1.66 bits per heavy atom. The number of ether oxygens (including phenoxy) is 1. The Morgan fingerprint density at radius 2 is 1.12 bits per heavy atom. The normalized spacial score (nSPS) is 10.6. The molecular formula is C28H21NO3. The third kappa shape index (κ3) is 5.18. The van der Waals surface area contributed by atoms with E-state index in [2.05, 4.69) is 0 Å². The summed E-state index contributed by atoms with van der Waals surface area (Å²) in [6.45, 7) is 0. The number of carbonyl (C=O) groups is 2. The van der Waals surface area contributed by atoms with E-state index in [9.17, 15) is 9.59 Å². The average molecular weight is 419 g/mol. The summed E-state index contributed by atoms with van der Waals surface area (Å²) in [5.41, 5.74) is 2.89. The Balaban J connectivity index is 1.48. The molecule has 0 atom stereocenters. The number of benzene rings is 4. The van der Waals surface area contributed by atoms with E-state index in [4.69, 9.17) is 4.74 Å². The van der Waals surface area contributed by atoms with Crippen molar-refractivity contribution < 1.29 is 14.3 Å². The fourth-order valence-electron chi connectivity index (χ4n) is 3.18. The van der Waals surface area contributed by atoms with Gasteiger partial charge in [0.25, 0.3) is 0 Å². The lowest BCUT2D eigenvalue weighted by Crippen LogP contribution is -2.29. The number of carbonyl (C=O) groups excluding carboxylic acids is 2. The SMILES string of the molecule is O=C(C=Cc1ccc(OC(=O)N(c2ccccc2)c2ccccc2)cc1)c1ccccc1. The highest BCUT2D eigenvalue weighted by molar-refractivity contribution is 6.06. The van der Waals surface area contributed by atoms with Crippen LogP contribution in [0.1, 0.15) is 15.9 Å². The minimum atomic E-state index is -0.509. The molecular weight excluding hydrogens is 398 g/mol. The van der Waals surface area contributed by atoms with E-state index in [0.717, 1.165) is 5.56 Å². The van der Waals surface area contributed by atoms with Crippen LogP contribution >= 0.6 is 0 Å². The number of nitrogens with zero attached hydrogens (tertiary/aromatic N) is 1. The molecule has 4 nitrogen and oxygen atoms in total. The van der Waals surface area contributed by atoms with Crippen molar-refractivity contribution in [3.05, 3.63) is 132 Å². The van der Waals surface area contributed by atoms with Crippen molar-refractivity contribution in [2.24, 2.45) is 0 Å². The minimum Gasteiger partial charge on any atom is -0.410 e. The first-order chi connectivity index (χ1) is 15.7. The lowest BCUT2D eigenvalue weighted by atomic mass is 10.1. The predicted octanol–water partition coefficient (Wildman–Crippen LogP) is 6.92. The second-order valence-corrected chi connectivity index (χ2v) is 7.01. The molecule has 32 heavy (non-hydrogen) atoms. The molecule has 4 heteroatoms. The second-order valence-electron chi connectivity index (χ2n) is 7.01. The molecule has 0 unspecified atom stereocenters. The molecule has 4 aromatic carbocycles. The number of anilines is 2. The molecule has 0 aliphatic carbocycles. The highest BCUT2D eigenvalue weighted by atomic mass is 16.6. The van der Waals surface area contributed by atoms with Crippen molar-refractivity contribution in [1.29, 1.82) is 0 Å². The molecule has 0 aromatic heterocycles. The van der Waals surface area contributed by atoms with Crippen LogP contribution in [0.4, 0.5) is 16.2 Å². The van der Waals surface area contributed by atoms with Gasteiger partial charge >= 0.3 is 6.09 Å². The first-order valence-corrected chi connectivity index (χ1v) is 10.2. The Bertz CT molecular complexity index is 1160. The predicted molar refractivity (Wildman–Crippen MR) is 127 cm³/mol. The number of allylic oxidation sites excluding steroid dienone is 1. The van der Waals surface area contributed by atoms with Crippen molar-refractivity contribution in [1.82, 2.24) is 0 Å². The third-order valence-electron chi connectivity index (χ3n) is 4.78. The van der Waals surface area contributed by atoms with Crippen molar-refractivity contribution >= 4 is 29.3 Å². The van der Waals surface area contributed by atoms with Gasteiger partial charge in [-0.15, -0.1) is 0 Å². The lowest BCUT2D eigenvalue weighted by molar-refractivity contribution is 0.104. The summed E-state index contributed by atoms with van der Waals surface area (Å²) < 4.78 is 5.63. The Labute approximate surface area is 187 Å². The maximum Gasteiger partial charge on any atom is 0.424 e. The van der Waals surface area contributed by atoms with Gasteiger partial charge in [-0.25, -0.2) is 9.69 Å². The minimum absolute atomic E-state index is 0.0672. The lowest BCUT2D eigenvalue weighted by Gasteiger charge is -2.22. The molecule has 0 spiro atoms. The van der Waals surface area contributed by atoms with Crippen LogP contribution in [0.2, 0.25) is 0 Å². The van der Waals surface area contributed by atoms with E-state index >= 15 is 0 Å². The molecule has 0 saturated heterocycles. The zero-order chi connectivity index (χ0) is 22.2. The highest BCUT2D eigenvalue weighted by Crippen LogP contribution is 2.26. The van der Waals surface area contributed by atoms with E-state index in [0.29, 0.717) is 22.7 Å². The van der Waals surface area contributed by atoms with E-state index in [1.54, 1.807) is 42.5 Å². The molecule has 4 rings (SSSR count). The van der Waals surface area contributed by atoms with Crippen molar-refractivity contribution in [3.63, 3.8) is 0 Å². The van der Waals surface area contributed by atoms with Crippen LogP contribution in [-0.2, 0) is 0 Å². The maximum absolute atomic E-state index is 13.0. The first-order valence-electron chi connectivity index (χ1n) is 10.2. The average Bonchev–Trinajstić information content (AvgIpc) is 2.85. The van der Waals surface area contributed by atoms with Gasteiger partial charge in [-0.1, -0.05) is 84.9 Å². The number of ketones is 1. The van der Waals surface area contributed by atoms with Crippen LogP contribution in [0.3, 0.4) is 0 Å². The molecule has 1 amide bonds. The van der Waals surface area contributed by atoms with Crippen molar-refractivity contribution in [3.8, 4) is 5.75 Å². The molecule has 0 radical (unpaired) electrons. The Kier molecular flexibility index (Phi) is 6.54. The molecule has 0 aliphatic rings. The van der Waals surface area contributed by atoms with Gasteiger partial charge in [-0.3, -0.25) is 4.79 Å². The fraction of sp³-hybridized carbons (Fsp3) is 0. The molecule has 156 valence electrons. The van der Waals surface area contributed by atoms with Gasteiger partial charge < -0.3 is 4.74 Å². The number of rotatable bonds is 6. The van der Waals surface area contributed by atoms with E-state index in [1.165, 1.54) is 11.0 Å². The topological polar surface area (TPSA) is 46.6 Å². The van der Waals surface area contributed by atoms with Gasteiger partial charge in [0.15, 0.2) is 5.78 Å². The fourth-order valence-corrected chi connectivity index (χ4v) is 3.18. The molecule has 0 fully saturated rings. The van der Waals surface area contributed by atoms with Crippen LogP contribution in [0, 0.1) is 0 Å². The van der Waals surface area contributed by atoms with E-state index < -0.39 is 6.09 Å². The van der Waals surface area contributed by atoms with Gasteiger partial charge in [-0.05, 0) is 48.0 Å². The van der Waals surface area contributed by atoms with Crippen LogP contribution in [-0.4, -0.2) is 11.9 Å². The van der Waals surface area contributed by atoms with Crippen LogP contribution < -0.4 is 9.64 Å². The quantitative estimate of drug-likeness (QED) is 0.252. The zero-order valence-corrected chi connectivity index (χ0v) is 17.3. The largest absolute Gasteiger partial charge is 0.424 e. The number of amides is 1. The standard InChI is InChI=1S/C28H21NO3/c30-27(23-10-4-1-5-11-23)21-18-22-16-19-26(20-17-22)32-28(31)29(24-12-6-2-7-13-24)25-14-8-3-9-15-25/h1-21H. The highest BCUT2D eigenvalue weighted by Gasteiger charge is 2.20. The summed E-state index contributed by atoms with van der Waals surface area (Å²) in [6.07, 6.45) is 2.76. The summed E-state index contributed by atoms with van der Waals surface area (Å²) >= 11 is 0. The summed E-state index contributed by atoms with van der Waals surface area (Å²) in [6, 6.07) is 34.8. The number of hydrogen-bond acceptors (Lipinski definition) is 3.